The predicted molar refractivity (Wildman–Crippen MR) is 101 cm³/mol. The highest BCUT2D eigenvalue weighted by Crippen LogP contribution is 2.27. The van der Waals surface area contributed by atoms with E-state index in [4.69, 9.17) is 9.47 Å². The van der Waals surface area contributed by atoms with E-state index in [1.807, 2.05) is 30.3 Å². The van der Waals surface area contributed by atoms with Gasteiger partial charge in [0.15, 0.2) is 11.5 Å². The van der Waals surface area contributed by atoms with Gasteiger partial charge in [-0.05, 0) is 29.8 Å². The first-order valence-electron chi connectivity index (χ1n) is 8.66. The number of hydrogen-bond acceptors (Lipinski definition) is 5. The minimum absolute atomic E-state index is 0.0895. The van der Waals surface area contributed by atoms with Gasteiger partial charge >= 0.3 is 0 Å². The van der Waals surface area contributed by atoms with Gasteiger partial charge in [-0.1, -0.05) is 12.1 Å². The molecule has 0 saturated carbocycles. The molecule has 0 saturated heterocycles. The summed E-state index contributed by atoms with van der Waals surface area (Å²) in [4.78, 5) is 29.8. The molecule has 144 valence electrons. The van der Waals surface area contributed by atoms with Crippen LogP contribution in [0.4, 0.5) is 0 Å². The number of rotatable bonds is 9. The van der Waals surface area contributed by atoms with E-state index in [2.05, 4.69) is 10.3 Å². The number of hydrogen-bond donors (Lipinski definition) is 1. The van der Waals surface area contributed by atoms with Crippen LogP contribution in [0.2, 0.25) is 0 Å². The summed E-state index contributed by atoms with van der Waals surface area (Å²) < 4.78 is 10.5. The zero-order valence-electron chi connectivity index (χ0n) is 15.9. The van der Waals surface area contributed by atoms with Crippen LogP contribution in [0.15, 0.2) is 42.6 Å². The minimum Gasteiger partial charge on any atom is -0.493 e. The predicted octanol–water partition coefficient (Wildman–Crippen LogP) is 2.15. The maximum absolute atomic E-state index is 12.2. The van der Waals surface area contributed by atoms with Crippen molar-refractivity contribution < 1.29 is 19.1 Å². The molecule has 27 heavy (non-hydrogen) atoms. The Labute approximate surface area is 159 Å². The Morgan fingerprint density at radius 1 is 1.11 bits per heavy atom. The van der Waals surface area contributed by atoms with Gasteiger partial charge in [0, 0.05) is 32.6 Å². The third kappa shape index (κ3) is 6.29. The molecule has 0 radical (unpaired) electrons. The fraction of sp³-hybridized carbons (Fsp3) is 0.350. The largest absolute Gasteiger partial charge is 0.493 e. The lowest BCUT2D eigenvalue weighted by Gasteiger charge is -2.20. The molecule has 0 spiro atoms. The highest BCUT2D eigenvalue weighted by molar-refractivity contribution is 5.78. The van der Waals surface area contributed by atoms with Crippen molar-refractivity contribution in [2.75, 3.05) is 20.8 Å². The molecular formula is C20H25N3O4. The van der Waals surface area contributed by atoms with Crippen molar-refractivity contribution in [3.8, 4) is 11.5 Å². The van der Waals surface area contributed by atoms with Crippen LogP contribution in [-0.2, 0) is 22.7 Å². The lowest BCUT2D eigenvalue weighted by atomic mass is 10.2. The topological polar surface area (TPSA) is 80.8 Å². The van der Waals surface area contributed by atoms with Crippen molar-refractivity contribution in [2.45, 2.75) is 26.4 Å². The van der Waals surface area contributed by atoms with E-state index in [1.54, 1.807) is 31.4 Å². The molecule has 2 aromatic rings. The number of carbonyl (C=O) groups is 2. The van der Waals surface area contributed by atoms with Gasteiger partial charge in [0.2, 0.25) is 11.8 Å². The number of aromatic nitrogens is 1. The van der Waals surface area contributed by atoms with Crippen molar-refractivity contribution in [1.29, 1.82) is 0 Å². The van der Waals surface area contributed by atoms with E-state index in [9.17, 15) is 9.59 Å². The number of ether oxygens (including phenoxy) is 2. The maximum atomic E-state index is 12.2. The molecule has 0 unspecified atom stereocenters. The van der Waals surface area contributed by atoms with Crippen molar-refractivity contribution in [3.05, 3.63) is 53.9 Å². The van der Waals surface area contributed by atoms with Gasteiger partial charge in [0.1, 0.15) is 0 Å². The Bertz CT molecular complexity index is 765. The van der Waals surface area contributed by atoms with E-state index in [0.717, 1.165) is 11.3 Å². The fourth-order valence-electron chi connectivity index (χ4n) is 2.55. The number of carbonyl (C=O) groups excluding carboxylic acids is 2. The van der Waals surface area contributed by atoms with Gasteiger partial charge in [-0.3, -0.25) is 14.6 Å². The molecule has 1 aromatic carbocycles. The summed E-state index contributed by atoms with van der Waals surface area (Å²) in [6.45, 7) is 2.59. The van der Waals surface area contributed by atoms with Gasteiger partial charge in [-0.15, -0.1) is 0 Å². The highest BCUT2D eigenvalue weighted by atomic mass is 16.5. The maximum Gasteiger partial charge on any atom is 0.222 e. The van der Waals surface area contributed by atoms with Crippen LogP contribution >= 0.6 is 0 Å². The third-order valence-electron chi connectivity index (χ3n) is 4.07. The molecule has 1 heterocycles. The van der Waals surface area contributed by atoms with E-state index >= 15 is 0 Å². The molecule has 2 amide bonds. The number of amides is 2. The first-order chi connectivity index (χ1) is 13.0. The summed E-state index contributed by atoms with van der Waals surface area (Å²) in [7, 11) is 3.14. The van der Waals surface area contributed by atoms with E-state index in [1.165, 1.54) is 6.92 Å². The van der Waals surface area contributed by atoms with Crippen molar-refractivity contribution >= 4 is 11.8 Å². The van der Waals surface area contributed by atoms with E-state index < -0.39 is 0 Å². The van der Waals surface area contributed by atoms with Crippen molar-refractivity contribution in [3.63, 3.8) is 0 Å². The molecule has 1 aromatic heterocycles. The van der Waals surface area contributed by atoms with E-state index in [-0.39, 0.29) is 18.2 Å². The SMILES string of the molecule is COc1ccc(CNC(=O)CCN(Cc2ccccn2)C(C)=O)cc1OC. The summed E-state index contributed by atoms with van der Waals surface area (Å²) >= 11 is 0. The van der Waals surface area contributed by atoms with Gasteiger partial charge < -0.3 is 19.7 Å². The standard InChI is InChI=1S/C20H25N3O4/c1-15(24)23(14-17-6-4-5-10-21-17)11-9-20(25)22-13-16-7-8-18(26-2)19(12-16)27-3/h4-8,10,12H,9,11,13-14H2,1-3H3,(H,22,25). The van der Waals surface area contributed by atoms with Crippen LogP contribution in [0, 0.1) is 0 Å². The normalized spacial score (nSPS) is 10.2. The Morgan fingerprint density at radius 3 is 2.52 bits per heavy atom. The van der Waals surface area contributed by atoms with Gasteiger partial charge in [-0.25, -0.2) is 0 Å². The summed E-state index contributed by atoms with van der Waals surface area (Å²) in [5.41, 5.74) is 1.69. The average Bonchev–Trinajstić information content (AvgIpc) is 2.69. The molecular weight excluding hydrogens is 346 g/mol. The van der Waals surface area contributed by atoms with Crippen molar-refractivity contribution in [2.24, 2.45) is 0 Å². The number of nitrogens with one attached hydrogen (secondary N) is 1. The van der Waals surface area contributed by atoms with Crippen LogP contribution in [-0.4, -0.2) is 42.5 Å². The van der Waals surface area contributed by atoms with Gasteiger partial charge in [0.25, 0.3) is 0 Å². The lowest BCUT2D eigenvalue weighted by Crippen LogP contribution is -2.33. The molecule has 1 N–H and O–H groups in total. The van der Waals surface area contributed by atoms with Crippen LogP contribution in [0.1, 0.15) is 24.6 Å². The molecule has 0 aliphatic carbocycles. The smallest absolute Gasteiger partial charge is 0.222 e. The number of benzene rings is 1. The van der Waals surface area contributed by atoms with Crippen LogP contribution in [0.3, 0.4) is 0 Å². The number of nitrogens with zero attached hydrogens (tertiary/aromatic N) is 2. The second kappa shape index (κ2) is 10.2. The summed E-state index contributed by atoms with van der Waals surface area (Å²) in [6.07, 6.45) is 1.91. The molecule has 0 fully saturated rings. The fourth-order valence-corrected chi connectivity index (χ4v) is 2.55. The molecule has 7 nitrogen and oxygen atoms in total. The number of methoxy groups -OCH3 is 2. The Hall–Kier alpha value is -3.09. The van der Waals surface area contributed by atoms with Gasteiger partial charge in [-0.2, -0.15) is 0 Å². The molecule has 0 atom stereocenters. The van der Waals surface area contributed by atoms with Crippen LogP contribution in [0.5, 0.6) is 11.5 Å². The molecule has 7 heteroatoms. The van der Waals surface area contributed by atoms with Crippen LogP contribution < -0.4 is 14.8 Å². The Morgan fingerprint density at radius 2 is 1.89 bits per heavy atom. The lowest BCUT2D eigenvalue weighted by molar-refractivity contribution is -0.130. The summed E-state index contributed by atoms with van der Waals surface area (Å²) in [5, 5.41) is 2.86. The first kappa shape index (κ1) is 20.2. The molecule has 0 aliphatic rings. The van der Waals surface area contributed by atoms with Gasteiger partial charge in [0.05, 0.1) is 26.5 Å². The zero-order valence-corrected chi connectivity index (χ0v) is 15.9. The summed E-state index contributed by atoms with van der Waals surface area (Å²) in [5.74, 6) is 1.03. The monoisotopic (exact) mass is 371 g/mol. The zero-order chi connectivity index (χ0) is 19.6. The first-order valence-corrected chi connectivity index (χ1v) is 8.66. The third-order valence-corrected chi connectivity index (χ3v) is 4.07. The second-order valence-corrected chi connectivity index (χ2v) is 5.98. The van der Waals surface area contributed by atoms with Crippen LogP contribution in [0.25, 0.3) is 0 Å². The summed E-state index contributed by atoms with van der Waals surface area (Å²) in [6, 6.07) is 11.0. The Balaban J connectivity index is 1.84. The molecule has 0 bridgehead atoms. The quantitative estimate of drug-likeness (QED) is 0.731. The van der Waals surface area contributed by atoms with Crippen molar-refractivity contribution in [1.82, 2.24) is 15.2 Å². The average molecular weight is 371 g/mol. The molecule has 2 rings (SSSR count). The Kier molecular flexibility index (Phi) is 7.61. The highest BCUT2D eigenvalue weighted by Gasteiger charge is 2.13. The minimum atomic E-state index is -0.128. The second-order valence-electron chi connectivity index (χ2n) is 5.98. The number of pyridine rings is 1. The molecule has 0 aliphatic heterocycles. The van der Waals surface area contributed by atoms with E-state index in [0.29, 0.717) is 31.1 Å².